The maximum absolute atomic E-state index is 14.1. The van der Waals surface area contributed by atoms with Gasteiger partial charge in [-0.3, -0.25) is 4.90 Å². The molecule has 1 heterocycles. The Labute approximate surface area is 158 Å². The van der Waals surface area contributed by atoms with E-state index < -0.39 is 5.60 Å². The summed E-state index contributed by atoms with van der Waals surface area (Å²) in [4.78, 5) is 16.1. The number of hydrogen-bond acceptors (Lipinski definition) is 3. The second-order valence-electron chi connectivity index (χ2n) is 7.79. The highest BCUT2D eigenvalue weighted by molar-refractivity contribution is 9.10. The number of carbonyl (C=O) groups excluding carboxylic acids is 1. The monoisotopic (exact) mass is 414 g/mol. The lowest BCUT2D eigenvalue weighted by Crippen LogP contribution is -2.46. The van der Waals surface area contributed by atoms with Crippen LogP contribution >= 0.6 is 15.9 Å². The summed E-state index contributed by atoms with van der Waals surface area (Å²) in [5.41, 5.74) is 1.28. The van der Waals surface area contributed by atoms with Crippen molar-refractivity contribution in [2.24, 2.45) is 0 Å². The lowest BCUT2D eigenvalue weighted by molar-refractivity contribution is 0.0148. The molecule has 0 saturated carbocycles. The Bertz CT molecular complexity index is 623. The Morgan fingerprint density at radius 3 is 2.52 bits per heavy atom. The summed E-state index contributed by atoms with van der Waals surface area (Å²) in [5, 5.41) is 0. The maximum atomic E-state index is 14.1. The first-order valence-corrected chi connectivity index (χ1v) is 9.49. The zero-order valence-electron chi connectivity index (χ0n) is 15.7. The van der Waals surface area contributed by atoms with Crippen LogP contribution in [-0.2, 0) is 11.3 Å². The lowest BCUT2D eigenvalue weighted by atomic mass is 10.0. The number of halogens is 2. The zero-order chi connectivity index (χ0) is 18.8. The highest BCUT2D eigenvalue weighted by Gasteiger charge is 2.28. The average molecular weight is 415 g/mol. The van der Waals surface area contributed by atoms with Gasteiger partial charge in [-0.25, -0.2) is 9.18 Å². The molecule has 0 N–H and O–H groups in total. The Morgan fingerprint density at radius 2 is 1.96 bits per heavy atom. The van der Waals surface area contributed by atoms with Crippen molar-refractivity contribution < 1.29 is 13.9 Å². The molecule has 1 aromatic carbocycles. The van der Waals surface area contributed by atoms with Gasteiger partial charge >= 0.3 is 6.09 Å². The zero-order valence-corrected chi connectivity index (χ0v) is 17.3. The summed E-state index contributed by atoms with van der Waals surface area (Å²) in [6.45, 7) is 9.86. The summed E-state index contributed by atoms with van der Waals surface area (Å²) in [7, 11) is 1.80. The molecule has 2 rings (SSSR count). The molecule has 4 nitrogen and oxygen atoms in total. The van der Waals surface area contributed by atoms with E-state index in [1.54, 1.807) is 11.9 Å². The molecule has 0 aliphatic carbocycles. The largest absolute Gasteiger partial charge is 0.444 e. The maximum Gasteiger partial charge on any atom is 0.410 e. The quantitative estimate of drug-likeness (QED) is 0.716. The van der Waals surface area contributed by atoms with Gasteiger partial charge in [0.2, 0.25) is 0 Å². The summed E-state index contributed by atoms with van der Waals surface area (Å²) in [6.07, 6.45) is 1.46. The van der Waals surface area contributed by atoms with Gasteiger partial charge < -0.3 is 9.64 Å². The minimum atomic E-state index is -0.483. The van der Waals surface area contributed by atoms with Crippen LogP contribution in [0, 0.1) is 12.7 Å². The second-order valence-corrected chi connectivity index (χ2v) is 8.65. The molecular weight excluding hydrogens is 387 g/mol. The fraction of sp³-hybridized carbons (Fsp3) is 0.632. The highest BCUT2D eigenvalue weighted by atomic mass is 79.9. The molecule has 1 aliphatic heterocycles. The van der Waals surface area contributed by atoms with Crippen LogP contribution in [0.2, 0.25) is 0 Å². The summed E-state index contributed by atoms with van der Waals surface area (Å²) >= 11 is 3.36. The summed E-state index contributed by atoms with van der Waals surface area (Å²) in [6, 6.07) is 3.61. The normalized spacial score (nSPS) is 16.8. The summed E-state index contributed by atoms with van der Waals surface area (Å²) in [5.74, 6) is -0.175. The number of amides is 1. The van der Waals surface area contributed by atoms with Crippen LogP contribution < -0.4 is 0 Å². The third kappa shape index (κ3) is 5.68. The smallest absolute Gasteiger partial charge is 0.410 e. The van der Waals surface area contributed by atoms with Crippen molar-refractivity contribution in [1.82, 2.24) is 9.80 Å². The standard InChI is InChI=1S/C19H28BrFN2O2/c1-13-10-14(17(21)11-16(13)20)12-23-8-6-15(7-9-23)22(5)18(24)25-19(2,3)4/h10-11,15H,6-9,12H2,1-5H3. The van der Waals surface area contributed by atoms with E-state index in [4.69, 9.17) is 4.74 Å². The van der Waals surface area contributed by atoms with Gasteiger partial charge in [-0.05, 0) is 52.2 Å². The van der Waals surface area contributed by atoms with Crippen LogP contribution in [0.5, 0.6) is 0 Å². The topological polar surface area (TPSA) is 32.8 Å². The first kappa shape index (κ1) is 20.2. The fourth-order valence-corrected chi connectivity index (χ4v) is 3.34. The van der Waals surface area contributed by atoms with Gasteiger partial charge in [-0.15, -0.1) is 0 Å². The molecule has 140 valence electrons. The third-order valence-electron chi connectivity index (χ3n) is 4.51. The van der Waals surface area contributed by atoms with Crippen LogP contribution in [-0.4, -0.2) is 47.7 Å². The number of carbonyl (C=O) groups is 1. The Kier molecular flexibility index (Phi) is 6.49. The number of rotatable bonds is 3. The van der Waals surface area contributed by atoms with Crippen molar-refractivity contribution in [3.05, 3.63) is 33.5 Å². The van der Waals surface area contributed by atoms with Gasteiger partial charge in [0.25, 0.3) is 0 Å². The number of piperidine rings is 1. The van der Waals surface area contributed by atoms with E-state index in [0.29, 0.717) is 6.54 Å². The molecule has 25 heavy (non-hydrogen) atoms. The van der Waals surface area contributed by atoms with Gasteiger partial charge in [0.05, 0.1) is 0 Å². The Balaban J connectivity index is 1.89. The van der Waals surface area contributed by atoms with Crippen molar-refractivity contribution in [3.8, 4) is 0 Å². The van der Waals surface area contributed by atoms with Gasteiger partial charge in [-0.1, -0.05) is 22.0 Å². The number of benzene rings is 1. The predicted molar refractivity (Wildman–Crippen MR) is 101 cm³/mol. The average Bonchev–Trinajstić information content (AvgIpc) is 2.51. The van der Waals surface area contributed by atoms with Crippen LogP contribution in [0.4, 0.5) is 9.18 Å². The van der Waals surface area contributed by atoms with Crippen LogP contribution in [0.1, 0.15) is 44.7 Å². The molecule has 0 atom stereocenters. The molecule has 0 spiro atoms. The van der Waals surface area contributed by atoms with E-state index in [9.17, 15) is 9.18 Å². The molecule has 6 heteroatoms. The molecular formula is C19H28BrFN2O2. The first-order chi connectivity index (χ1) is 11.6. The van der Waals surface area contributed by atoms with E-state index in [0.717, 1.165) is 41.5 Å². The van der Waals surface area contributed by atoms with E-state index >= 15 is 0 Å². The number of nitrogens with zero attached hydrogens (tertiary/aromatic N) is 2. The molecule has 0 aromatic heterocycles. The van der Waals surface area contributed by atoms with Gasteiger partial charge in [0.15, 0.2) is 0 Å². The molecule has 0 unspecified atom stereocenters. The van der Waals surface area contributed by atoms with E-state index in [1.165, 1.54) is 6.07 Å². The van der Waals surface area contributed by atoms with Crippen molar-refractivity contribution in [2.45, 2.75) is 58.7 Å². The lowest BCUT2D eigenvalue weighted by Gasteiger charge is -2.37. The van der Waals surface area contributed by atoms with Crippen molar-refractivity contribution in [2.75, 3.05) is 20.1 Å². The second kappa shape index (κ2) is 8.04. The van der Waals surface area contributed by atoms with Crippen LogP contribution in [0.15, 0.2) is 16.6 Å². The van der Waals surface area contributed by atoms with Crippen molar-refractivity contribution >= 4 is 22.0 Å². The Hall–Kier alpha value is -1.14. The van der Waals surface area contributed by atoms with Crippen molar-refractivity contribution in [1.29, 1.82) is 0 Å². The van der Waals surface area contributed by atoms with Gasteiger partial charge in [-0.2, -0.15) is 0 Å². The van der Waals surface area contributed by atoms with Crippen molar-refractivity contribution in [3.63, 3.8) is 0 Å². The molecule has 0 radical (unpaired) electrons. The summed E-state index contributed by atoms with van der Waals surface area (Å²) < 4.78 is 20.4. The molecule has 0 bridgehead atoms. The first-order valence-electron chi connectivity index (χ1n) is 8.69. The molecule has 1 saturated heterocycles. The fourth-order valence-electron chi connectivity index (χ4n) is 3.03. The third-order valence-corrected chi connectivity index (χ3v) is 5.36. The highest BCUT2D eigenvalue weighted by Crippen LogP contribution is 2.24. The van der Waals surface area contributed by atoms with E-state index in [-0.39, 0.29) is 18.0 Å². The SMILES string of the molecule is Cc1cc(CN2CCC(N(C)C(=O)OC(C)(C)C)CC2)c(F)cc1Br. The number of ether oxygens (including phenoxy) is 1. The van der Waals surface area contributed by atoms with E-state index in [1.807, 2.05) is 33.8 Å². The van der Waals surface area contributed by atoms with Crippen LogP contribution in [0.3, 0.4) is 0 Å². The van der Waals surface area contributed by atoms with E-state index in [2.05, 4.69) is 20.8 Å². The molecule has 1 aliphatic rings. The molecule has 1 fully saturated rings. The Morgan fingerprint density at radius 1 is 1.36 bits per heavy atom. The molecule has 1 amide bonds. The minimum absolute atomic E-state index is 0.169. The number of hydrogen-bond donors (Lipinski definition) is 0. The number of aryl methyl sites for hydroxylation is 1. The van der Waals surface area contributed by atoms with Crippen LogP contribution in [0.25, 0.3) is 0 Å². The minimum Gasteiger partial charge on any atom is -0.444 e. The number of likely N-dealkylation sites (tertiary alicyclic amines) is 1. The molecule has 1 aromatic rings. The van der Waals surface area contributed by atoms with Gasteiger partial charge in [0, 0.05) is 42.8 Å². The van der Waals surface area contributed by atoms with Gasteiger partial charge in [0.1, 0.15) is 11.4 Å². The predicted octanol–water partition coefficient (Wildman–Crippen LogP) is 4.73.